The third kappa shape index (κ3) is 3.22. The first kappa shape index (κ1) is 12.4. The van der Waals surface area contributed by atoms with E-state index < -0.39 is 0 Å². The van der Waals surface area contributed by atoms with Crippen LogP contribution in [0.2, 0.25) is 0 Å². The van der Waals surface area contributed by atoms with Crippen molar-refractivity contribution < 1.29 is 9.84 Å². The largest absolute Gasteiger partial charge is 0.491 e. The lowest BCUT2D eigenvalue weighted by atomic mass is 9.82. The highest BCUT2D eigenvalue weighted by atomic mass is 16.5. The average molecular weight is 234 g/mol. The molecule has 1 aliphatic rings. The first-order valence-corrected chi connectivity index (χ1v) is 6.61. The van der Waals surface area contributed by atoms with E-state index in [4.69, 9.17) is 4.74 Å². The van der Waals surface area contributed by atoms with E-state index in [0.717, 1.165) is 25.0 Å². The SMILES string of the molecule is CC(C)Oc1ccc(C2CCCCC2O)cc1. The Labute approximate surface area is 104 Å². The Morgan fingerprint density at radius 1 is 1.12 bits per heavy atom. The van der Waals surface area contributed by atoms with Crippen molar-refractivity contribution in [2.75, 3.05) is 0 Å². The van der Waals surface area contributed by atoms with Gasteiger partial charge in [-0.15, -0.1) is 0 Å². The third-order valence-corrected chi connectivity index (χ3v) is 3.41. The molecule has 2 atom stereocenters. The summed E-state index contributed by atoms with van der Waals surface area (Å²) in [5, 5.41) is 10.0. The van der Waals surface area contributed by atoms with Gasteiger partial charge in [0.15, 0.2) is 0 Å². The maximum absolute atomic E-state index is 10.0. The van der Waals surface area contributed by atoms with E-state index in [1.165, 1.54) is 12.0 Å². The van der Waals surface area contributed by atoms with Crippen molar-refractivity contribution in [1.29, 1.82) is 0 Å². The molecule has 17 heavy (non-hydrogen) atoms. The Kier molecular flexibility index (Phi) is 4.06. The van der Waals surface area contributed by atoms with Crippen molar-refractivity contribution in [2.24, 2.45) is 0 Å². The van der Waals surface area contributed by atoms with Gasteiger partial charge in [-0.3, -0.25) is 0 Å². The molecule has 1 saturated carbocycles. The topological polar surface area (TPSA) is 29.5 Å². The highest BCUT2D eigenvalue weighted by molar-refractivity contribution is 5.30. The Bertz CT molecular complexity index is 342. The Balaban J connectivity index is 2.06. The molecular formula is C15H22O2. The predicted octanol–water partition coefficient (Wildman–Crippen LogP) is 3.49. The zero-order chi connectivity index (χ0) is 12.3. The van der Waals surface area contributed by atoms with Gasteiger partial charge in [-0.1, -0.05) is 25.0 Å². The van der Waals surface area contributed by atoms with Gasteiger partial charge in [-0.2, -0.15) is 0 Å². The van der Waals surface area contributed by atoms with Gasteiger partial charge in [-0.25, -0.2) is 0 Å². The minimum atomic E-state index is -0.166. The summed E-state index contributed by atoms with van der Waals surface area (Å²) in [6.45, 7) is 4.05. The van der Waals surface area contributed by atoms with Gasteiger partial charge < -0.3 is 9.84 Å². The molecule has 0 amide bonds. The molecule has 2 heteroatoms. The van der Waals surface area contributed by atoms with E-state index in [9.17, 15) is 5.11 Å². The standard InChI is InChI=1S/C15H22O2/c1-11(2)17-13-9-7-12(8-10-13)14-5-3-4-6-15(14)16/h7-11,14-16H,3-6H2,1-2H3. The molecule has 2 nitrogen and oxygen atoms in total. The Morgan fingerprint density at radius 3 is 2.35 bits per heavy atom. The molecule has 2 rings (SSSR count). The summed E-state index contributed by atoms with van der Waals surface area (Å²) < 4.78 is 5.62. The van der Waals surface area contributed by atoms with Crippen molar-refractivity contribution in [1.82, 2.24) is 0 Å². The first-order valence-electron chi connectivity index (χ1n) is 6.61. The summed E-state index contributed by atoms with van der Waals surface area (Å²) in [4.78, 5) is 0. The molecule has 1 N–H and O–H groups in total. The summed E-state index contributed by atoms with van der Waals surface area (Å²) in [7, 11) is 0. The van der Waals surface area contributed by atoms with Crippen LogP contribution in [0, 0.1) is 0 Å². The molecule has 0 spiro atoms. The maximum atomic E-state index is 10.0. The normalized spacial score (nSPS) is 24.9. The molecular weight excluding hydrogens is 212 g/mol. The Morgan fingerprint density at radius 2 is 1.76 bits per heavy atom. The lowest BCUT2D eigenvalue weighted by Crippen LogP contribution is -2.22. The molecule has 0 aliphatic heterocycles. The van der Waals surface area contributed by atoms with Crippen LogP contribution in [0.15, 0.2) is 24.3 Å². The fourth-order valence-electron chi connectivity index (χ4n) is 2.57. The van der Waals surface area contributed by atoms with E-state index in [1.54, 1.807) is 0 Å². The van der Waals surface area contributed by atoms with Crippen LogP contribution in [0.3, 0.4) is 0 Å². The molecule has 1 aromatic carbocycles. The number of hydrogen-bond acceptors (Lipinski definition) is 2. The lowest BCUT2D eigenvalue weighted by Gasteiger charge is -2.28. The van der Waals surface area contributed by atoms with E-state index in [0.29, 0.717) is 5.92 Å². The number of rotatable bonds is 3. The number of ether oxygens (including phenoxy) is 1. The quantitative estimate of drug-likeness (QED) is 0.867. The van der Waals surface area contributed by atoms with Gasteiger partial charge in [0.2, 0.25) is 0 Å². The number of aliphatic hydroxyl groups excluding tert-OH is 1. The number of aliphatic hydroxyl groups is 1. The molecule has 0 aromatic heterocycles. The molecule has 1 aromatic rings. The Hall–Kier alpha value is -1.02. The van der Waals surface area contributed by atoms with Crippen LogP contribution in [-0.2, 0) is 0 Å². The highest BCUT2D eigenvalue weighted by Crippen LogP contribution is 2.33. The second-order valence-corrected chi connectivity index (χ2v) is 5.19. The van der Waals surface area contributed by atoms with E-state index in [2.05, 4.69) is 12.1 Å². The van der Waals surface area contributed by atoms with Crippen molar-refractivity contribution in [3.63, 3.8) is 0 Å². The second-order valence-electron chi connectivity index (χ2n) is 5.19. The van der Waals surface area contributed by atoms with Crippen LogP contribution in [0.4, 0.5) is 0 Å². The summed E-state index contributed by atoms with van der Waals surface area (Å²) >= 11 is 0. The van der Waals surface area contributed by atoms with Gasteiger partial charge >= 0.3 is 0 Å². The van der Waals surface area contributed by atoms with Gasteiger partial charge in [0.05, 0.1) is 12.2 Å². The fourth-order valence-corrected chi connectivity index (χ4v) is 2.57. The number of benzene rings is 1. The van der Waals surface area contributed by atoms with Crippen LogP contribution in [-0.4, -0.2) is 17.3 Å². The van der Waals surface area contributed by atoms with Crippen LogP contribution in [0.25, 0.3) is 0 Å². The van der Waals surface area contributed by atoms with E-state index in [1.807, 2.05) is 26.0 Å². The van der Waals surface area contributed by atoms with Crippen LogP contribution in [0.5, 0.6) is 5.75 Å². The minimum Gasteiger partial charge on any atom is -0.491 e. The van der Waals surface area contributed by atoms with Crippen LogP contribution >= 0.6 is 0 Å². The molecule has 0 radical (unpaired) electrons. The molecule has 2 unspecified atom stereocenters. The van der Waals surface area contributed by atoms with E-state index in [-0.39, 0.29) is 12.2 Å². The molecule has 1 fully saturated rings. The summed E-state index contributed by atoms with van der Waals surface area (Å²) in [6, 6.07) is 8.21. The first-order chi connectivity index (χ1) is 8.16. The number of hydrogen-bond donors (Lipinski definition) is 1. The average Bonchev–Trinajstić information content (AvgIpc) is 2.30. The van der Waals surface area contributed by atoms with Crippen LogP contribution < -0.4 is 4.74 Å². The van der Waals surface area contributed by atoms with Crippen molar-refractivity contribution in [2.45, 2.75) is 57.7 Å². The maximum Gasteiger partial charge on any atom is 0.119 e. The zero-order valence-corrected chi connectivity index (χ0v) is 10.7. The molecule has 94 valence electrons. The summed E-state index contributed by atoms with van der Waals surface area (Å²) in [6.07, 6.45) is 4.47. The molecule has 1 aliphatic carbocycles. The van der Waals surface area contributed by atoms with Crippen molar-refractivity contribution in [3.05, 3.63) is 29.8 Å². The predicted molar refractivity (Wildman–Crippen MR) is 69.4 cm³/mol. The highest BCUT2D eigenvalue weighted by Gasteiger charge is 2.24. The smallest absolute Gasteiger partial charge is 0.119 e. The summed E-state index contributed by atoms with van der Waals surface area (Å²) in [5.74, 6) is 1.23. The van der Waals surface area contributed by atoms with Crippen LogP contribution in [0.1, 0.15) is 51.0 Å². The van der Waals surface area contributed by atoms with Gasteiger partial charge in [0.25, 0.3) is 0 Å². The lowest BCUT2D eigenvalue weighted by molar-refractivity contribution is 0.106. The van der Waals surface area contributed by atoms with Gasteiger partial charge in [0.1, 0.15) is 5.75 Å². The third-order valence-electron chi connectivity index (χ3n) is 3.41. The molecule has 0 saturated heterocycles. The second kappa shape index (κ2) is 5.54. The molecule has 0 heterocycles. The molecule has 0 bridgehead atoms. The van der Waals surface area contributed by atoms with E-state index >= 15 is 0 Å². The van der Waals surface area contributed by atoms with Crippen molar-refractivity contribution in [3.8, 4) is 5.75 Å². The fraction of sp³-hybridized carbons (Fsp3) is 0.600. The van der Waals surface area contributed by atoms with Gasteiger partial charge in [0, 0.05) is 5.92 Å². The minimum absolute atomic E-state index is 0.166. The monoisotopic (exact) mass is 234 g/mol. The summed E-state index contributed by atoms with van der Waals surface area (Å²) in [5.41, 5.74) is 1.24. The zero-order valence-electron chi connectivity index (χ0n) is 10.7. The van der Waals surface area contributed by atoms with Gasteiger partial charge in [-0.05, 0) is 44.4 Å². The van der Waals surface area contributed by atoms with Crippen molar-refractivity contribution >= 4 is 0 Å².